The zero-order chi connectivity index (χ0) is 20.5. The molecule has 1 aliphatic heterocycles. The number of hydrogen-bond donors (Lipinski definition) is 1. The first-order valence-corrected chi connectivity index (χ1v) is 9.23. The number of rotatable bonds is 5. The Morgan fingerprint density at radius 2 is 1.76 bits per heavy atom. The van der Waals surface area contributed by atoms with Gasteiger partial charge in [0.15, 0.2) is 5.01 Å². The number of imide groups is 1. The van der Waals surface area contributed by atoms with E-state index in [4.69, 9.17) is 0 Å². The molecule has 0 fully saturated rings. The minimum atomic E-state index is -2.78. The van der Waals surface area contributed by atoms with Crippen LogP contribution in [-0.4, -0.2) is 32.8 Å². The Balaban J connectivity index is 1.54. The number of carbonyl (C=O) groups excluding carboxylic acids is 3. The molecular weight excluding hydrogens is 402 g/mol. The lowest BCUT2D eigenvalue weighted by Gasteiger charge is -2.13. The number of hydrogen-bond acceptors (Lipinski definition) is 6. The van der Waals surface area contributed by atoms with Crippen LogP contribution in [0.1, 0.15) is 48.1 Å². The summed E-state index contributed by atoms with van der Waals surface area (Å²) in [6, 6.07) is 13.2. The van der Waals surface area contributed by atoms with E-state index in [9.17, 15) is 23.2 Å². The van der Waals surface area contributed by atoms with Crippen molar-refractivity contribution in [2.75, 3.05) is 5.32 Å². The molecule has 4 rings (SSSR count). The topological polar surface area (TPSA) is 92.3 Å². The molecule has 0 spiro atoms. The van der Waals surface area contributed by atoms with Gasteiger partial charge in [0.2, 0.25) is 5.13 Å². The molecule has 1 aromatic heterocycles. The third-order valence-corrected chi connectivity index (χ3v) is 5.11. The second kappa shape index (κ2) is 7.47. The lowest BCUT2D eigenvalue weighted by Crippen LogP contribution is -2.29. The van der Waals surface area contributed by atoms with Gasteiger partial charge in [0.25, 0.3) is 24.1 Å². The van der Waals surface area contributed by atoms with Gasteiger partial charge in [0.1, 0.15) is 0 Å². The Labute approximate surface area is 167 Å². The highest BCUT2D eigenvalue weighted by molar-refractivity contribution is 7.15. The molecule has 29 heavy (non-hydrogen) atoms. The van der Waals surface area contributed by atoms with Crippen LogP contribution in [0.2, 0.25) is 0 Å². The third kappa shape index (κ3) is 3.61. The molecule has 7 nitrogen and oxygen atoms in total. The van der Waals surface area contributed by atoms with Crippen LogP contribution in [0.5, 0.6) is 0 Å². The minimum absolute atomic E-state index is 0.0843. The number of benzene rings is 2. The van der Waals surface area contributed by atoms with Crippen LogP contribution >= 0.6 is 11.3 Å². The lowest BCUT2D eigenvalue weighted by molar-refractivity contribution is 0.0642. The molecule has 0 saturated carbocycles. The fourth-order valence-corrected chi connectivity index (χ4v) is 3.48. The number of nitrogens with one attached hydrogen (secondary N) is 1. The zero-order valence-corrected chi connectivity index (χ0v) is 15.5. The molecule has 0 aliphatic carbocycles. The van der Waals surface area contributed by atoms with Gasteiger partial charge in [0.05, 0.1) is 17.7 Å². The Hall–Kier alpha value is -3.53. The van der Waals surface area contributed by atoms with Crippen molar-refractivity contribution in [1.82, 2.24) is 15.1 Å². The Morgan fingerprint density at radius 3 is 2.45 bits per heavy atom. The molecule has 0 unspecified atom stereocenters. The van der Waals surface area contributed by atoms with Crippen LogP contribution in [0.25, 0.3) is 0 Å². The SMILES string of the molecule is O=C(Nc1nnc(C(F)F)s1)c1ccc2c(c1)C(=O)N(Cc1ccccc1)C2=O. The number of amides is 3. The number of halogens is 2. The van der Waals surface area contributed by atoms with Gasteiger partial charge in [0, 0.05) is 5.56 Å². The predicted molar refractivity (Wildman–Crippen MR) is 99.9 cm³/mol. The average molecular weight is 414 g/mol. The van der Waals surface area contributed by atoms with Gasteiger partial charge in [-0.05, 0) is 23.8 Å². The minimum Gasteiger partial charge on any atom is -0.296 e. The van der Waals surface area contributed by atoms with E-state index in [0.717, 1.165) is 10.5 Å². The van der Waals surface area contributed by atoms with Crippen molar-refractivity contribution in [3.63, 3.8) is 0 Å². The number of aromatic nitrogens is 2. The molecular formula is C19H12F2N4O3S. The van der Waals surface area contributed by atoms with Crippen molar-refractivity contribution in [2.45, 2.75) is 13.0 Å². The van der Waals surface area contributed by atoms with E-state index in [0.29, 0.717) is 11.3 Å². The maximum atomic E-state index is 12.7. The van der Waals surface area contributed by atoms with Gasteiger partial charge >= 0.3 is 0 Å². The first-order chi connectivity index (χ1) is 13.9. The van der Waals surface area contributed by atoms with E-state index in [-0.39, 0.29) is 28.4 Å². The van der Waals surface area contributed by atoms with Crippen LogP contribution in [0.15, 0.2) is 48.5 Å². The molecule has 0 saturated heterocycles. The number of anilines is 1. The summed E-state index contributed by atoms with van der Waals surface area (Å²) in [5.74, 6) is -1.59. The van der Waals surface area contributed by atoms with Crippen molar-refractivity contribution in [3.8, 4) is 0 Å². The number of fused-ring (bicyclic) bond motifs is 1. The van der Waals surface area contributed by atoms with Crippen LogP contribution in [0, 0.1) is 0 Å². The summed E-state index contributed by atoms with van der Waals surface area (Å²) >= 11 is 0.559. The van der Waals surface area contributed by atoms with Gasteiger partial charge in [-0.2, -0.15) is 0 Å². The van der Waals surface area contributed by atoms with Gasteiger partial charge in [-0.25, -0.2) is 8.78 Å². The van der Waals surface area contributed by atoms with Crippen molar-refractivity contribution < 1.29 is 23.2 Å². The smallest absolute Gasteiger partial charge is 0.291 e. The predicted octanol–water partition coefficient (Wildman–Crippen LogP) is 3.52. The molecule has 3 amide bonds. The molecule has 2 heterocycles. The van der Waals surface area contributed by atoms with Crippen LogP contribution in [0.3, 0.4) is 0 Å². The van der Waals surface area contributed by atoms with Crippen LogP contribution < -0.4 is 5.32 Å². The van der Waals surface area contributed by atoms with Gasteiger partial charge in [-0.15, -0.1) is 10.2 Å². The normalized spacial score (nSPS) is 13.1. The molecule has 0 radical (unpaired) electrons. The van der Waals surface area contributed by atoms with E-state index in [1.807, 2.05) is 18.2 Å². The highest BCUT2D eigenvalue weighted by Crippen LogP contribution is 2.27. The van der Waals surface area contributed by atoms with Gasteiger partial charge in [-0.1, -0.05) is 41.7 Å². The molecule has 10 heteroatoms. The summed E-state index contributed by atoms with van der Waals surface area (Å²) in [6.45, 7) is 0.121. The van der Waals surface area contributed by atoms with E-state index >= 15 is 0 Å². The van der Waals surface area contributed by atoms with Gasteiger partial charge in [-0.3, -0.25) is 24.6 Å². The van der Waals surface area contributed by atoms with Crippen molar-refractivity contribution in [3.05, 3.63) is 75.8 Å². The summed E-state index contributed by atoms with van der Waals surface area (Å²) < 4.78 is 25.2. The number of carbonyl (C=O) groups is 3. The fraction of sp³-hybridized carbons (Fsp3) is 0.105. The van der Waals surface area contributed by atoms with Crippen molar-refractivity contribution in [1.29, 1.82) is 0 Å². The Morgan fingerprint density at radius 1 is 1.03 bits per heavy atom. The average Bonchev–Trinajstić information content (AvgIpc) is 3.28. The standard InChI is InChI=1S/C19H12F2N4O3S/c20-14(21)16-23-24-19(29-16)22-15(26)11-6-7-12-13(8-11)18(28)25(17(12)27)9-10-4-2-1-3-5-10/h1-8,14H,9H2,(H,22,24,26). The van der Waals surface area contributed by atoms with E-state index in [1.54, 1.807) is 12.1 Å². The van der Waals surface area contributed by atoms with Gasteiger partial charge < -0.3 is 0 Å². The highest BCUT2D eigenvalue weighted by Gasteiger charge is 2.36. The third-order valence-electron chi connectivity index (χ3n) is 4.26. The Kier molecular flexibility index (Phi) is 4.85. The van der Waals surface area contributed by atoms with E-state index in [2.05, 4.69) is 15.5 Å². The summed E-state index contributed by atoms with van der Waals surface area (Å²) in [6.07, 6.45) is -2.78. The summed E-state index contributed by atoms with van der Waals surface area (Å²) in [5, 5.41) is 8.55. The van der Waals surface area contributed by atoms with Crippen LogP contribution in [-0.2, 0) is 6.54 Å². The molecule has 1 aliphatic rings. The first kappa shape index (κ1) is 18.8. The maximum absolute atomic E-state index is 12.7. The zero-order valence-electron chi connectivity index (χ0n) is 14.6. The molecule has 0 atom stereocenters. The molecule has 3 aromatic rings. The van der Waals surface area contributed by atoms with Crippen molar-refractivity contribution in [2.24, 2.45) is 0 Å². The molecule has 0 bridgehead atoms. The summed E-state index contributed by atoms with van der Waals surface area (Å²) in [5.41, 5.74) is 1.22. The van der Waals surface area contributed by atoms with E-state index in [1.165, 1.54) is 18.2 Å². The molecule has 2 aromatic carbocycles. The monoisotopic (exact) mass is 414 g/mol. The maximum Gasteiger partial charge on any atom is 0.291 e. The lowest BCUT2D eigenvalue weighted by atomic mass is 10.1. The largest absolute Gasteiger partial charge is 0.296 e. The Bertz CT molecular complexity index is 1120. The van der Waals surface area contributed by atoms with Crippen molar-refractivity contribution >= 4 is 34.2 Å². The van der Waals surface area contributed by atoms with Crippen LogP contribution in [0.4, 0.5) is 13.9 Å². The number of alkyl halides is 2. The second-order valence-corrected chi connectivity index (χ2v) is 7.15. The molecule has 146 valence electrons. The fourth-order valence-electron chi connectivity index (χ4n) is 2.88. The highest BCUT2D eigenvalue weighted by atomic mass is 32.1. The van der Waals surface area contributed by atoms with E-state index < -0.39 is 29.2 Å². The second-order valence-electron chi connectivity index (χ2n) is 6.14. The number of nitrogens with zero attached hydrogens (tertiary/aromatic N) is 3. The summed E-state index contributed by atoms with van der Waals surface area (Å²) in [7, 11) is 0. The first-order valence-electron chi connectivity index (χ1n) is 8.41. The summed E-state index contributed by atoms with van der Waals surface area (Å²) in [4.78, 5) is 38.8. The molecule has 1 N–H and O–H groups in total. The quantitative estimate of drug-likeness (QED) is 0.645.